The van der Waals surface area contributed by atoms with Crippen molar-refractivity contribution < 1.29 is 9.21 Å². The number of hydrogen-bond donors (Lipinski definition) is 1. The van der Waals surface area contributed by atoms with E-state index < -0.39 is 0 Å². The first-order valence-electron chi connectivity index (χ1n) is 8.54. The predicted octanol–water partition coefficient (Wildman–Crippen LogP) is 0.900. The van der Waals surface area contributed by atoms with E-state index >= 15 is 0 Å². The van der Waals surface area contributed by atoms with Crippen molar-refractivity contribution in [3.8, 4) is 0 Å². The number of aromatic nitrogens is 2. The zero-order chi connectivity index (χ0) is 17.5. The van der Waals surface area contributed by atoms with Gasteiger partial charge in [-0.05, 0) is 24.6 Å². The Hall–Kier alpha value is -2.77. The average molecular weight is 344 g/mol. The molecule has 134 valence electrons. The van der Waals surface area contributed by atoms with E-state index in [4.69, 9.17) is 4.42 Å². The Balaban J connectivity index is 1.42. The number of nitrogens with zero attached hydrogens (tertiary/aromatic N) is 5. The topological polar surface area (TPSA) is 78.9 Å². The first kappa shape index (κ1) is 17.1. The van der Waals surface area contributed by atoms with E-state index in [2.05, 4.69) is 20.3 Å². The Morgan fingerprint density at radius 2 is 2.08 bits per heavy atom. The summed E-state index contributed by atoms with van der Waals surface area (Å²) >= 11 is 0. The molecule has 0 saturated carbocycles. The van der Waals surface area contributed by atoms with Gasteiger partial charge in [0.15, 0.2) is 11.7 Å². The van der Waals surface area contributed by atoms with Crippen LogP contribution in [0.4, 0.5) is 0 Å². The number of furan rings is 1. The van der Waals surface area contributed by atoms with Gasteiger partial charge >= 0.3 is 0 Å². The Bertz CT molecular complexity index is 672. The van der Waals surface area contributed by atoms with Gasteiger partial charge in [-0.2, -0.15) is 5.10 Å². The average Bonchev–Trinajstić information content (AvgIpc) is 3.35. The summed E-state index contributed by atoms with van der Waals surface area (Å²) in [5.74, 6) is 1.23. The van der Waals surface area contributed by atoms with Crippen molar-refractivity contribution in [1.29, 1.82) is 0 Å². The summed E-state index contributed by atoms with van der Waals surface area (Å²) in [6.45, 7) is 4.54. The zero-order valence-electron chi connectivity index (χ0n) is 14.5. The molecule has 0 bridgehead atoms. The maximum Gasteiger partial charge on any atom is 0.289 e. The molecule has 3 heterocycles. The van der Waals surface area contributed by atoms with E-state index in [1.165, 1.54) is 6.26 Å². The van der Waals surface area contributed by atoms with E-state index in [0.29, 0.717) is 18.8 Å². The second-order valence-electron chi connectivity index (χ2n) is 5.85. The van der Waals surface area contributed by atoms with Gasteiger partial charge in [0.1, 0.15) is 0 Å². The number of guanidine groups is 1. The number of rotatable bonds is 5. The lowest BCUT2D eigenvalue weighted by Gasteiger charge is -2.36. The number of carbonyl (C=O) groups excluding carboxylic acids is 1. The molecule has 25 heavy (non-hydrogen) atoms. The summed E-state index contributed by atoms with van der Waals surface area (Å²) in [6.07, 6.45) is 6.25. The number of nitrogens with one attached hydrogen (secondary N) is 1. The van der Waals surface area contributed by atoms with Crippen LogP contribution in [-0.2, 0) is 6.54 Å². The molecule has 1 aliphatic rings. The van der Waals surface area contributed by atoms with Crippen molar-refractivity contribution in [3.63, 3.8) is 0 Å². The van der Waals surface area contributed by atoms with Crippen LogP contribution >= 0.6 is 0 Å². The standard InChI is InChI=1S/C17H24N6O2/c1-18-17(19-6-3-8-23-9-4-7-20-23)22-12-10-21(11-13-22)16(24)15-5-2-14-25-15/h2,4-5,7,9,14H,3,6,8,10-13H2,1H3,(H,18,19). The van der Waals surface area contributed by atoms with Gasteiger partial charge in [-0.25, -0.2) is 0 Å². The summed E-state index contributed by atoms with van der Waals surface area (Å²) in [4.78, 5) is 20.6. The van der Waals surface area contributed by atoms with Crippen LogP contribution in [0.3, 0.4) is 0 Å². The van der Waals surface area contributed by atoms with Crippen molar-refractivity contribution in [1.82, 2.24) is 24.9 Å². The highest BCUT2D eigenvalue weighted by molar-refractivity contribution is 5.91. The third-order valence-corrected chi connectivity index (χ3v) is 4.22. The summed E-state index contributed by atoms with van der Waals surface area (Å²) in [7, 11) is 1.79. The molecule has 0 atom stereocenters. The molecule has 0 radical (unpaired) electrons. The predicted molar refractivity (Wildman–Crippen MR) is 94.4 cm³/mol. The number of piperazine rings is 1. The molecule has 1 N–H and O–H groups in total. The summed E-state index contributed by atoms with van der Waals surface area (Å²) in [6, 6.07) is 5.36. The Morgan fingerprint density at radius 3 is 2.72 bits per heavy atom. The molecule has 1 saturated heterocycles. The Labute approximate surface area is 147 Å². The van der Waals surface area contributed by atoms with Gasteiger partial charge in [-0.15, -0.1) is 0 Å². The molecule has 3 rings (SSSR count). The summed E-state index contributed by atoms with van der Waals surface area (Å²) in [5, 5.41) is 7.58. The summed E-state index contributed by atoms with van der Waals surface area (Å²) in [5.41, 5.74) is 0. The first-order valence-corrected chi connectivity index (χ1v) is 8.54. The molecule has 1 aliphatic heterocycles. The van der Waals surface area contributed by atoms with Crippen molar-refractivity contribution in [2.24, 2.45) is 4.99 Å². The maximum atomic E-state index is 12.3. The SMILES string of the molecule is CN=C(NCCCn1cccn1)N1CCN(C(=O)c2ccco2)CC1. The van der Waals surface area contributed by atoms with Crippen LogP contribution in [0.1, 0.15) is 17.0 Å². The molecular formula is C17H24N6O2. The van der Waals surface area contributed by atoms with Gasteiger partial charge in [-0.3, -0.25) is 14.5 Å². The third-order valence-electron chi connectivity index (χ3n) is 4.22. The number of carbonyl (C=O) groups is 1. The summed E-state index contributed by atoms with van der Waals surface area (Å²) < 4.78 is 7.11. The van der Waals surface area contributed by atoms with Crippen LogP contribution in [0.5, 0.6) is 0 Å². The third kappa shape index (κ3) is 4.40. The maximum absolute atomic E-state index is 12.3. The van der Waals surface area contributed by atoms with E-state index in [0.717, 1.165) is 38.6 Å². The van der Waals surface area contributed by atoms with Crippen LogP contribution in [0.15, 0.2) is 46.3 Å². The highest BCUT2D eigenvalue weighted by atomic mass is 16.3. The van der Waals surface area contributed by atoms with Gasteiger partial charge < -0.3 is 19.5 Å². The van der Waals surface area contributed by atoms with Crippen molar-refractivity contribution in [3.05, 3.63) is 42.6 Å². The van der Waals surface area contributed by atoms with Gasteiger partial charge in [0.25, 0.3) is 5.91 Å². The van der Waals surface area contributed by atoms with Crippen LogP contribution in [-0.4, -0.2) is 71.2 Å². The van der Waals surface area contributed by atoms with E-state index in [1.54, 1.807) is 25.4 Å². The molecular weight excluding hydrogens is 320 g/mol. The van der Waals surface area contributed by atoms with Gasteiger partial charge in [0.2, 0.25) is 0 Å². The van der Waals surface area contributed by atoms with Gasteiger partial charge in [0.05, 0.1) is 6.26 Å². The van der Waals surface area contributed by atoms with Crippen LogP contribution in [0.2, 0.25) is 0 Å². The smallest absolute Gasteiger partial charge is 0.289 e. The molecule has 2 aromatic rings. The monoisotopic (exact) mass is 344 g/mol. The molecule has 0 aliphatic carbocycles. The number of aliphatic imine (C=N–C) groups is 1. The molecule has 8 heteroatoms. The van der Waals surface area contributed by atoms with Crippen molar-refractivity contribution in [2.45, 2.75) is 13.0 Å². The highest BCUT2D eigenvalue weighted by Gasteiger charge is 2.24. The van der Waals surface area contributed by atoms with E-state index in [9.17, 15) is 4.79 Å². The molecule has 0 aromatic carbocycles. The second-order valence-corrected chi connectivity index (χ2v) is 5.85. The fourth-order valence-corrected chi connectivity index (χ4v) is 2.88. The fourth-order valence-electron chi connectivity index (χ4n) is 2.88. The van der Waals surface area contributed by atoms with Gasteiger partial charge in [-0.1, -0.05) is 0 Å². The lowest BCUT2D eigenvalue weighted by atomic mass is 10.3. The van der Waals surface area contributed by atoms with E-state index in [1.807, 2.05) is 21.8 Å². The lowest BCUT2D eigenvalue weighted by Crippen LogP contribution is -2.53. The quantitative estimate of drug-likeness (QED) is 0.495. The minimum Gasteiger partial charge on any atom is -0.459 e. The molecule has 1 amide bonds. The van der Waals surface area contributed by atoms with Crippen LogP contribution in [0, 0.1) is 0 Å². The number of aryl methyl sites for hydroxylation is 1. The Kier molecular flexibility index (Phi) is 5.71. The molecule has 8 nitrogen and oxygen atoms in total. The lowest BCUT2D eigenvalue weighted by molar-refractivity contribution is 0.0657. The Morgan fingerprint density at radius 1 is 1.28 bits per heavy atom. The van der Waals surface area contributed by atoms with Crippen LogP contribution < -0.4 is 5.32 Å². The van der Waals surface area contributed by atoms with E-state index in [-0.39, 0.29) is 5.91 Å². The number of amides is 1. The fraction of sp³-hybridized carbons (Fsp3) is 0.471. The molecule has 1 fully saturated rings. The van der Waals surface area contributed by atoms with Crippen molar-refractivity contribution in [2.75, 3.05) is 39.8 Å². The molecule has 0 spiro atoms. The first-order chi connectivity index (χ1) is 12.3. The van der Waals surface area contributed by atoms with Crippen LogP contribution in [0.25, 0.3) is 0 Å². The van der Waals surface area contributed by atoms with Crippen molar-refractivity contribution >= 4 is 11.9 Å². The molecule has 2 aromatic heterocycles. The number of hydrogen-bond acceptors (Lipinski definition) is 4. The zero-order valence-corrected chi connectivity index (χ0v) is 14.5. The largest absolute Gasteiger partial charge is 0.459 e. The highest BCUT2D eigenvalue weighted by Crippen LogP contribution is 2.09. The molecule has 0 unspecified atom stereocenters. The normalized spacial score (nSPS) is 15.5. The minimum absolute atomic E-state index is 0.0492. The van der Waals surface area contributed by atoms with Gasteiger partial charge in [0, 0.05) is 58.7 Å². The minimum atomic E-state index is -0.0492. The second kappa shape index (κ2) is 8.36.